The first kappa shape index (κ1) is 15.0. The first-order valence-electron chi connectivity index (χ1n) is 7.29. The highest BCUT2D eigenvalue weighted by molar-refractivity contribution is 9.10. The van der Waals surface area contributed by atoms with Gasteiger partial charge in [0.2, 0.25) is 0 Å². The first-order chi connectivity index (χ1) is 9.15. The molecule has 5 heteroatoms. The molecule has 1 unspecified atom stereocenters. The largest absolute Gasteiger partial charge is 0.311 e. The van der Waals surface area contributed by atoms with Crippen LogP contribution in [0.5, 0.6) is 0 Å². The summed E-state index contributed by atoms with van der Waals surface area (Å²) in [7, 11) is 2.02. The molecule has 1 aromatic heterocycles. The van der Waals surface area contributed by atoms with E-state index in [1.807, 2.05) is 11.7 Å². The third kappa shape index (κ3) is 3.58. The second kappa shape index (κ2) is 6.86. The standard InChI is InChI=1S/C14H25BrN4/c1-4-12-14(15)13(18(3)17-12)9-16-8-11-6-7-19(5-2)10-11/h11,16H,4-10H2,1-3H3. The van der Waals surface area contributed by atoms with E-state index in [1.54, 1.807) is 0 Å². The maximum atomic E-state index is 4.53. The molecule has 4 nitrogen and oxygen atoms in total. The molecule has 0 spiro atoms. The molecule has 0 saturated carbocycles. The zero-order valence-corrected chi connectivity index (χ0v) is 13.8. The Morgan fingerprint density at radius 1 is 1.42 bits per heavy atom. The maximum absolute atomic E-state index is 4.53. The SMILES string of the molecule is CCc1nn(C)c(CNCC2CCN(CC)C2)c1Br. The second-order valence-corrected chi connectivity index (χ2v) is 6.16. The van der Waals surface area contributed by atoms with Crippen molar-refractivity contribution in [1.29, 1.82) is 0 Å². The third-order valence-electron chi connectivity index (χ3n) is 4.05. The summed E-state index contributed by atoms with van der Waals surface area (Å²) in [4.78, 5) is 2.53. The summed E-state index contributed by atoms with van der Waals surface area (Å²) in [6.45, 7) is 10.1. The van der Waals surface area contributed by atoms with Crippen molar-refractivity contribution in [2.75, 3.05) is 26.2 Å². The molecule has 1 aromatic rings. The van der Waals surface area contributed by atoms with Crippen LogP contribution in [0.3, 0.4) is 0 Å². The van der Waals surface area contributed by atoms with Crippen molar-refractivity contribution in [3.63, 3.8) is 0 Å². The molecule has 2 rings (SSSR count). The summed E-state index contributed by atoms with van der Waals surface area (Å²) < 4.78 is 3.16. The van der Waals surface area contributed by atoms with E-state index < -0.39 is 0 Å². The summed E-state index contributed by atoms with van der Waals surface area (Å²) in [5.74, 6) is 0.803. The molecule has 19 heavy (non-hydrogen) atoms. The fourth-order valence-corrected chi connectivity index (χ4v) is 3.53. The Hall–Kier alpha value is -0.390. The molecule has 1 fully saturated rings. The number of aromatic nitrogens is 2. The zero-order valence-electron chi connectivity index (χ0n) is 12.2. The summed E-state index contributed by atoms with van der Waals surface area (Å²) in [6, 6.07) is 0. The van der Waals surface area contributed by atoms with Crippen LogP contribution in [0.25, 0.3) is 0 Å². The summed E-state index contributed by atoms with van der Waals surface area (Å²) in [5.41, 5.74) is 2.40. The number of hydrogen-bond donors (Lipinski definition) is 1. The zero-order chi connectivity index (χ0) is 13.8. The van der Waals surface area contributed by atoms with Gasteiger partial charge in [0.25, 0.3) is 0 Å². The Morgan fingerprint density at radius 2 is 2.21 bits per heavy atom. The van der Waals surface area contributed by atoms with Crippen LogP contribution in [-0.2, 0) is 20.0 Å². The Balaban J connectivity index is 1.81. The van der Waals surface area contributed by atoms with Gasteiger partial charge in [-0.3, -0.25) is 4.68 Å². The lowest BCUT2D eigenvalue weighted by atomic mass is 10.1. The minimum atomic E-state index is 0.803. The third-order valence-corrected chi connectivity index (χ3v) is 4.96. The molecule has 0 radical (unpaired) electrons. The van der Waals surface area contributed by atoms with E-state index in [0.717, 1.165) is 31.1 Å². The van der Waals surface area contributed by atoms with Crippen LogP contribution in [0.2, 0.25) is 0 Å². The van der Waals surface area contributed by atoms with Crippen LogP contribution >= 0.6 is 15.9 Å². The van der Waals surface area contributed by atoms with E-state index in [2.05, 4.69) is 45.1 Å². The highest BCUT2D eigenvalue weighted by Gasteiger charge is 2.21. The Morgan fingerprint density at radius 3 is 2.79 bits per heavy atom. The topological polar surface area (TPSA) is 33.1 Å². The van der Waals surface area contributed by atoms with Crippen LogP contribution in [-0.4, -0.2) is 40.9 Å². The molecule has 1 aliphatic heterocycles. The molecule has 1 saturated heterocycles. The molecule has 0 amide bonds. The molecule has 108 valence electrons. The molecule has 0 bridgehead atoms. The number of nitrogens with zero attached hydrogens (tertiary/aromatic N) is 3. The molecular weight excluding hydrogens is 304 g/mol. The number of halogens is 1. The van der Waals surface area contributed by atoms with Crippen LogP contribution in [0.15, 0.2) is 4.47 Å². The molecule has 1 atom stereocenters. The van der Waals surface area contributed by atoms with Gasteiger partial charge in [-0.25, -0.2) is 0 Å². The van der Waals surface area contributed by atoms with Gasteiger partial charge < -0.3 is 10.2 Å². The maximum Gasteiger partial charge on any atom is 0.0767 e. The first-order valence-corrected chi connectivity index (χ1v) is 8.08. The highest BCUT2D eigenvalue weighted by Crippen LogP contribution is 2.21. The average Bonchev–Trinajstić information content (AvgIpc) is 2.97. The normalized spacial score (nSPS) is 20.3. The van der Waals surface area contributed by atoms with Gasteiger partial charge in [0.1, 0.15) is 0 Å². The number of aryl methyl sites for hydroxylation is 2. The smallest absolute Gasteiger partial charge is 0.0767 e. The van der Waals surface area contributed by atoms with Crippen molar-refractivity contribution < 1.29 is 0 Å². The predicted octanol–water partition coefficient (Wildman–Crippen LogP) is 2.18. The van der Waals surface area contributed by atoms with E-state index in [-0.39, 0.29) is 0 Å². The fraction of sp³-hybridized carbons (Fsp3) is 0.786. The van der Waals surface area contributed by atoms with Gasteiger partial charge in [0, 0.05) is 20.1 Å². The van der Waals surface area contributed by atoms with E-state index in [4.69, 9.17) is 0 Å². The van der Waals surface area contributed by atoms with Crippen molar-refractivity contribution >= 4 is 15.9 Å². The number of hydrogen-bond acceptors (Lipinski definition) is 3. The van der Waals surface area contributed by atoms with E-state index in [9.17, 15) is 0 Å². The number of rotatable bonds is 6. The van der Waals surface area contributed by atoms with Crippen molar-refractivity contribution in [1.82, 2.24) is 20.0 Å². The van der Waals surface area contributed by atoms with Gasteiger partial charge in [0.05, 0.1) is 15.9 Å². The number of nitrogens with one attached hydrogen (secondary N) is 1. The lowest BCUT2D eigenvalue weighted by Gasteiger charge is -2.14. The quantitative estimate of drug-likeness (QED) is 0.868. The van der Waals surface area contributed by atoms with Gasteiger partial charge in [-0.2, -0.15) is 5.10 Å². The van der Waals surface area contributed by atoms with Crippen LogP contribution < -0.4 is 5.32 Å². The Kier molecular flexibility index (Phi) is 5.42. The summed E-state index contributed by atoms with van der Waals surface area (Å²) in [5, 5.41) is 8.12. The molecule has 0 aliphatic carbocycles. The minimum absolute atomic E-state index is 0.803. The average molecular weight is 329 g/mol. The van der Waals surface area contributed by atoms with E-state index in [1.165, 1.54) is 36.2 Å². The fourth-order valence-electron chi connectivity index (χ4n) is 2.77. The predicted molar refractivity (Wildman–Crippen MR) is 82.2 cm³/mol. The molecule has 1 N–H and O–H groups in total. The summed E-state index contributed by atoms with van der Waals surface area (Å²) in [6.07, 6.45) is 2.30. The van der Waals surface area contributed by atoms with Gasteiger partial charge in [-0.05, 0) is 54.3 Å². The van der Waals surface area contributed by atoms with Gasteiger partial charge in [0.15, 0.2) is 0 Å². The van der Waals surface area contributed by atoms with Crippen LogP contribution in [0.4, 0.5) is 0 Å². The van der Waals surface area contributed by atoms with Crippen molar-refractivity contribution in [3.8, 4) is 0 Å². The van der Waals surface area contributed by atoms with Crippen LogP contribution in [0.1, 0.15) is 31.7 Å². The van der Waals surface area contributed by atoms with Crippen LogP contribution in [0, 0.1) is 5.92 Å². The molecular formula is C14H25BrN4. The van der Waals surface area contributed by atoms with Gasteiger partial charge in [-0.15, -0.1) is 0 Å². The number of likely N-dealkylation sites (tertiary alicyclic amines) is 1. The van der Waals surface area contributed by atoms with Crippen molar-refractivity contribution in [3.05, 3.63) is 15.9 Å². The Labute approximate surface area is 124 Å². The second-order valence-electron chi connectivity index (χ2n) is 5.36. The summed E-state index contributed by atoms with van der Waals surface area (Å²) >= 11 is 3.67. The minimum Gasteiger partial charge on any atom is -0.311 e. The lowest BCUT2D eigenvalue weighted by Crippen LogP contribution is -2.26. The van der Waals surface area contributed by atoms with Crippen molar-refractivity contribution in [2.24, 2.45) is 13.0 Å². The molecule has 0 aromatic carbocycles. The lowest BCUT2D eigenvalue weighted by molar-refractivity contribution is 0.338. The highest BCUT2D eigenvalue weighted by atomic mass is 79.9. The van der Waals surface area contributed by atoms with Gasteiger partial charge in [-0.1, -0.05) is 13.8 Å². The van der Waals surface area contributed by atoms with E-state index in [0.29, 0.717) is 0 Å². The van der Waals surface area contributed by atoms with Gasteiger partial charge >= 0.3 is 0 Å². The monoisotopic (exact) mass is 328 g/mol. The molecule has 2 heterocycles. The Bertz CT molecular complexity index is 416. The molecule has 1 aliphatic rings. The van der Waals surface area contributed by atoms with E-state index >= 15 is 0 Å². The van der Waals surface area contributed by atoms with Crippen molar-refractivity contribution in [2.45, 2.75) is 33.2 Å².